The second-order valence-electron chi connectivity index (χ2n) is 25.4. The summed E-state index contributed by atoms with van der Waals surface area (Å²) in [6.45, 7) is 10.6. The molecule has 8 aromatic carbocycles. The van der Waals surface area contributed by atoms with Crippen LogP contribution >= 0.6 is 0 Å². The average Bonchev–Trinajstić information content (AvgIpc) is 1.44. The molecule has 79 heavy (non-hydrogen) atoms. The smallest absolute Gasteiger partial charge is 0.326 e. The number of benzene rings is 8. The number of esters is 2. The van der Waals surface area contributed by atoms with Crippen LogP contribution in [0.2, 0.25) is 26.2 Å². The lowest BCUT2D eigenvalue weighted by molar-refractivity contribution is -0.168. The van der Waals surface area contributed by atoms with E-state index < -0.39 is 83.5 Å². The highest BCUT2D eigenvalue weighted by atomic mass is 28.3. The van der Waals surface area contributed by atoms with Crippen molar-refractivity contribution in [1.82, 2.24) is 0 Å². The molecule has 14 atom stereocenters. The number of carbonyl (C=O) groups is 2. The zero-order chi connectivity index (χ0) is 53.1. The van der Waals surface area contributed by atoms with Gasteiger partial charge in [0, 0.05) is 43.8 Å². The maximum Gasteiger partial charge on any atom is 0.326 e. The Balaban J connectivity index is 1.03. The minimum absolute atomic E-state index is 0.235. The van der Waals surface area contributed by atoms with E-state index >= 15 is 9.59 Å². The summed E-state index contributed by atoms with van der Waals surface area (Å²) in [5.41, 5.74) is 12.1. The minimum Gasteiger partial charge on any atom is -0.392 e. The van der Waals surface area contributed by atoms with E-state index in [2.05, 4.69) is 269 Å². The number of hydrogen-bond acceptors (Lipinski definition) is 5. The Hall–Kier alpha value is -7.27. The van der Waals surface area contributed by atoms with Crippen molar-refractivity contribution in [3.63, 3.8) is 0 Å². The normalized spacial score (nSPS) is 37.6. The van der Waals surface area contributed by atoms with Crippen LogP contribution in [-0.2, 0) is 44.0 Å². The molecule has 0 saturated carbocycles. The van der Waals surface area contributed by atoms with Gasteiger partial charge in [-0.05, 0) is 66.8 Å². The van der Waals surface area contributed by atoms with Crippen LogP contribution in [0.25, 0.3) is 22.3 Å². The molecule has 0 spiro atoms. The summed E-state index contributed by atoms with van der Waals surface area (Å²) in [4.78, 5) is 33.2. The molecule has 5 nitrogen and oxygen atoms in total. The zero-order valence-electron chi connectivity index (χ0n) is 44.8. The summed E-state index contributed by atoms with van der Waals surface area (Å²) >= 11 is 0. The topological polar surface area (TPSA) is 61.8 Å². The van der Waals surface area contributed by atoms with Gasteiger partial charge in [-0.1, -0.05) is 269 Å². The SMILES string of the molecule is C[Si]1(C)[C@]2(c3ccccc3)C(c3ccccc3)=C(c3ccccc3)[C@@]1(c1ccccc1)C1C2[C@H]2O[C@@H]1C13C(=O)OC(=O)C21[C@H]1O[C@@H]3C2C1[C@]1(c3ccccc3)C(c3ccccc3)=C(c3ccccc3)[C@@]2(c2ccccc2)[Si]1(C)C. The van der Waals surface area contributed by atoms with Crippen molar-refractivity contribution in [2.24, 2.45) is 34.5 Å². The molecule has 8 aromatic rings. The molecule has 0 radical (unpaired) electrons. The molecule has 9 aliphatic heterocycles. The fourth-order valence-electron chi connectivity index (χ4n) is 21.8. The highest BCUT2D eigenvalue weighted by Crippen LogP contribution is 2.93. The number of fused-ring (bicyclic) bond motifs is 18. The van der Waals surface area contributed by atoms with Crippen molar-refractivity contribution >= 4 is 50.4 Å². The number of rotatable bonds is 8. The quantitative estimate of drug-likeness (QED) is 0.0862. The monoisotopic (exact) mass is 1060 g/mol. The molecule has 386 valence electrons. The zero-order valence-corrected chi connectivity index (χ0v) is 46.8. The van der Waals surface area contributed by atoms with Gasteiger partial charge in [0.05, 0.1) is 40.6 Å². The maximum atomic E-state index is 16.6. The number of allylic oxidation sites excluding steroid dienone is 4. The van der Waals surface area contributed by atoms with E-state index in [1.807, 2.05) is 0 Å². The van der Waals surface area contributed by atoms with Gasteiger partial charge in [0.2, 0.25) is 0 Å². The van der Waals surface area contributed by atoms with E-state index in [1.54, 1.807) is 0 Å². The van der Waals surface area contributed by atoms with Crippen LogP contribution in [0.1, 0.15) is 44.5 Å². The Labute approximate surface area is 464 Å². The summed E-state index contributed by atoms with van der Waals surface area (Å²) < 4.78 is 23.0. The molecular weight excluding hydrogens is 1000 g/mol. The van der Waals surface area contributed by atoms with Gasteiger partial charge in [-0.15, -0.1) is 0 Å². The van der Waals surface area contributed by atoms with Crippen molar-refractivity contribution < 1.29 is 23.8 Å². The molecule has 9 aliphatic rings. The number of cyclic esters (lactones) is 2. The molecule has 8 bridgehead atoms. The lowest BCUT2D eigenvalue weighted by Crippen LogP contribution is -2.71. The largest absolute Gasteiger partial charge is 0.392 e. The predicted molar refractivity (Wildman–Crippen MR) is 314 cm³/mol. The highest BCUT2D eigenvalue weighted by Gasteiger charge is 3.04. The molecule has 17 rings (SSSR count). The number of hydrogen-bond donors (Lipinski definition) is 0. The summed E-state index contributed by atoms with van der Waals surface area (Å²) in [5, 5.41) is -2.52. The van der Waals surface area contributed by atoms with Crippen LogP contribution in [-0.4, -0.2) is 52.5 Å². The standard InChI is InChI=1S/C72H60O5Si2/c1-78(2)69(49-37-21-9-22-38-49)53(45-29-13-5-14-30-45)54(46-31-15-6-16-32-46)70(78,50-39-23-10-24-40-50)58-57(69)61-67-63-59-60(64(76-63)68(67,62(58)75-61)66(74)77-65(67)73)72(52-43-27-12-28-44-52)56(48-35-19-8-20-36-48)55(47-33-17-7-18-34-47)71(59,79(72,3)4)51-41-25-11-26-42-51/h5-44,57-64H,1-4H3/t57?,58?,59?,60?,61-,62+,63+,64-,67?,68?,69-,70+,71+,72-. The van der Waals surface area contributed by atoms with Crippen molar-refractivity contribution in [3.05, 3.63) is 287 Å². The third kappa shape index (κ3) is 4.59. The summed E-state index contributed by atoms with van der Waals surface area (Å²) in [7, 11) is -5.98. The van der Waals surface area contributed by atoms with E-state index in [9.17, 15) is 0 Å². The number of carbonyl (C=O) groups excluding carboxylic acids is 2. The molecule has 7 saturated heterocycles. The van der Waals surface area contributed by atoms with Gasteiger partial charge >= 0.3 is 11.9 Å². The summed E-state index contributed by atoms with van der Waals surface area (Å²) in [6.07, 6.45) is -2.86. The molecular formula is C72H60O5Si2. The maximum absolute atomic E-state index is 16.6. The molecule has 0 amide bonds. The van der Waals surface area contributed by atoms with Gasteiger partial charge in [-0.2, -0.15) is 0 Å². The molecule has 7 fully saturated rings. The molecule has 0 aromatic heterocycles. The Morgan fingerprint density at radius 2 is 0.481 bits per heavy atom. The molecule has 0 aliphatic carbocycles. The van der Waals surface area contributed by atoms with Gasteiger partial charge in [0.15, 0.2) is 0 Å². The van der Waals surface area contributed by atoms with Crippen molar-refractivity contribution in [2.75, 3.05) is 0 Å². The van der Waals surface area contributed by atoms with Crippen molar-refractivity contribution in [1.29, 1.82) is 0 Å². The summed E-state index contributed by atoms with van der Waals surface area (Å²) in [6, 6.07) is 89.6. The Bertz CT molecular complexity index is 3440. The molecule has 9 heterocycles. The fraction of sp³-hybridized carbons (Fsp3) is 0.250. The van der Waals surface area contributed by atoms with Crippen molar-refractivity contribution in [2.45, 2.75) is 70.8 Å². The third-order valence-corrected chi connectivity index (χ3v) is 34.6. The van der Waals surface area contributed by atoms with Crippen LogP contribution in [0.15, 0.2) is 243 Å². The molecule has 6 unspecified atom stereocenters. The van der Waals surface area contributed by atoms with Gasteiger partial charge in [-0.3, -0.25) is 9.59 Å². The second-order valence-corrected chi connectivity index (χ2v) is 35.0. The molecule has 7 heteroatoms. The Morgan fingerprint density at radius 3 is 0.684 bits per heavy atom. The van der Waals surface area contributed by atoms with Gasteiger partial charge in [-0.25, -0.2) is 0 Å². The van der Waals surface area contributed by atoms with Crippen molar-refractivity contribution in [3.8, 4) is 0 Å². The Morgan fingerprint density at radius 1 is 0.291 bits per heavy atom. The minimum atomic E-state index is -2.99. The molecule has 0 N–H and O–H groups in total. The first-order valence-corrected chi connectivity index (χ1v) is 34.6. The van der Waals surface area contributed by atoms with Crippen LogP contribution in [0.5, 0.6) is 0 Å². The van der Waals surface area contributed by atoms with Gasteiger partial charge < -0.3 is 14.2 Å². The van der Waals surface area contributed by atoms with E-state index in [0.29, 0.717) is 0 Å². The van der Waals surface area contributed by atoms with E-state index in [1.165, 1.54) is 66.8 Å². The van der Waals surface area contributed by atoms with Gasteiger partial charge in [0.25, 0.3) is 0 Å². The highest BCUT2D eigenvalue weighted by molar-refractivity contribution is 6.91. The first-order valence-electron chi connectivity index (χ1n) is 28.6. The lowest BCUT2D eigenvalue weighted by atomic mass is 9.37. The lowest BCUT2D eigenvalue weighted by Gasteiger charge is -2.58. The third-order valence-electron chi connectivity index (χ3n) is 23.2. The first kappa shape index (κ1) is 46.6. The van der Waals surface area contributed by atoms with Crippen LogP contribution in [0, 0.1) is 34.5 Å². The fourth-order valence-corrected chi connectivity index (χ4v) is 34.8. The van der Waals surface area contributed by atoms with Crippen LogP contribution in [0.3, 0.4) is 0 Å². The second kappa shape index (κ2) is 15.3. The predicted octanol–water partition coefficient (Wildman–Crippen LogP) is 13.7. The first-order chi connectivity index (χ1) is 38.6. The number of ether oxygens (including phenoxy) is 3. The van der Waals surface area contributed by atoms with E-state index in [-0.39, 0.29) is 23.7 Å². The van der Waals surface area contributed by atoms with Crippen LogP contribution < -0.4 is 0 Å². The summed E-state index contributed by atoms with van der Waals surface area (Å²) in [5.74, 6) is -1.84. The van der Waals surface area contributed by atoms with Gasteiger partial charge in [0.1, 0.15) is 10.8 Å². The van der Waals surface area contributed by atoms with E-state index in [4.69, 9.17) is 14.2 Å². The average molecular weight is 1060 g/mol. The Kier molecular flexibility index (Phi) is 9.06. The van der Waals surface area contributed by atoms with E-state index in [0.717, 1.165) is 0 Å². The van der Waals surface area contributed by atoms with Crippen LogP contribution in [0.4, 0.5) is 0 Å².